The van der Waals surface area contributed by atoms with Crippen molar-refractivity contribution >= 4 is 17.5 Å². The highest BCUT2D eigenvalue weighted by Crippen LogP contribution is 2.48. The lowest BCUT2D eigenvalue weighted by Crippen LogP contribution is -2.19. The van der Waals surface area contributed by atoms with Crippen LogP contribution in [0.25, 0.3) is 0 Å². The van der Waals surface area contributed by atoms with Gasteiger partial charge in [-0.1, -0.05) is 18.2 Å². The van der Waals surface area contributed by atoms with E-state index in [1.807, 2.05) is 0 Å². The Labute approximate surface area is 148 Å². The van der Waals surface area contributed by atoms with Crippen molar-refractivity contribution in [1.29, 1.82) is 0 Å². The van der Waals surface area contributed by atoms with Crippen LogP contribution in [0.2, 0.25) is 0 Å². The zero-order valence-corrected chi connectivity index (χ0v) is 13.9. The predicted molar refractivity (Wildman–Crippen MR) is 90.8 cm³/mol. The van der Waals surface area contributed by atoms with Gasteiger partial charge in [-0.05, 0) is 48.2 Å². The normalized spacial score (nSPS) is 18.9. The van der Waals surface area contributed by atoms with Crippen molar-refractivity contribution in [3.05, 3.63) is 65.2 Å². The van der Waals surface area contributed by atoms with Gasteiger partial charge in [-0.25, -0.2) is 0 Å². The van der Waals surface area contributed by atoms with Crippen LogP contribution in [0, 0.1) is 5.92 Å². The first-order valence-corrected chi connectivity index (χ1v) is 8.10. The third kappa shape index (κ3) is 3.87. The molecule has 2 aromatic rings. The van der Waals surface area contributed by atoms with Gasteiger partial charge in [0.2, 0.25) is 5.91 Å². The molecule has 2 unspecified atom stereocenters. The second-order valence-electron chi connectivity index (χ2n) is 6.22. The molecule has 2 atom stereocenters. The lowest BCUT2D eigenvalue weighted by Gasteiger charge is -2.08. The lowest BCUT2D eigenvalue weighted by molar-refractivity contribution is -0.137. The van der Waals surface area contributed by atoms with Gasteiger partial charge in [-0.2, -0.15) is 13.2 Å². The van der Waals surface area contributed by atoms with Crippen LogP contribution >= 0.6 is 0 Å². The standard InChI is InChI=1S/C19H17F3N2O2/c1-23-17(25)12-3-2-4-14(9-12)24-18(26)16-10-15(16)11-5-7-13(8-6-11)19(20,21)22/h2-9,15-16H,10H2,1H3,(H,23,25)(H,24,26). The van der Waals surface area contributed by atoms with E-state index in [-0.39, 0.29) is 23.7 Å². The minimum atomic E-state index is -4.37. The van der Waals surface area contributed by atoms with E-state index in [1.54, 1.807) is 24.3 Å². The molecule has 0 saturated heterocycles. The molecule has 0 bridgehead atoms. The van der Waals surface area contributed by atoms with E-state index in [4.69, 9.17) is 0 Å². The molecule has 0 aromatic heterocycles. The van der Waals surface area contributed by atoms with Crippen molar-refractivity contribution in [2.45, 2.75) is 18.5 Å². The average molecular weight is 362 g/mol. The van der Waals surface area contributed by atoms with E-state index in [0.717, 1.165) is 17.7 Å². The Morgan fingerprint density at radius 2 is 1.77 bits per heavy atom. The van der Waals surface area contributed by atoms with Crippen molar-refractivity contribution < 1.29 is 22.8 Å². The maximum atomic E-state index is 12.6. The Hall–Kier alpha value is -2.83. The van der Waals surface area contributed by atoms with Gasteiger partial charge >= 0.3 is 6.18 Å². The average Bonchev–Trinajstić information content (AvgIpc) is 3.41. The molecule has 0 heterocycles. The molecule has 1 fully saturated rings. The molecule has 1 aliphatic rings. The summed E-state index contributed by atoms with van der Waals surface area (Å²) in [6, 6.07) is 11.5. The Bertz CT molecular complexity index is 831. The predicted octanol–water partition coefficient (Wildman–Crippen LogP) is 3.81. The van der Waals surface area contributed by atoms with Gasteiger partial charge in [0.15, 0.2) is 0 Å². The number of anilines is 1. The van der Waals surface area contributed by atoms with Crippen molar-refractivity contribution in [3.8, 4) is 0 Å². The summed E-state index contributed by atoms with van der Waals surface area (Å²) in [7, 11) is 1.52. The highest BCUT2D eigenvalue weighted by atomic mass is 19.4. The van der Waals surface area contributed by atoms with Gasteiger partial charge in [0.25, 0.3) is 5.91 Å². The molecule has 2 N–H and O–H groups in total. The second-order valence-corrected chi connectivity index (χ2v) is 6.22. The molecule has 26 heavy (non-hydrogen) atoms. The number of hydrogen-bond donors (Lipinski definition) is 2. The number of benzene rings is 2. The molecule has 1 saturated carbocycles. The highest BCUT2D eigenvalue weighted by molar-refractivity contribution is 5.98. The highest BCUT2D eigenvalue weighted by Gasteiger charge is 2.44. The van der Waals surface area contributed by atoms with Crippen LogP contribution in [0.4, 0.5) is 18.9 Å². The molecule has 136 valence electrons. The SMILES string of the molecule is CNC(=O)c1cccc(NC(=O)C2CC2c2ccc(C(F)(F)F)cc2)c1. The first-order valence-electron chi connectivity index (χ1n) is 8.10. The van der Waals surface area contributed by atoms with Crippen LogP contribution < -0.4 is 10.6 Å². The fourth-order valence-corrected chi connectivity index (χ4v) is 2.89. The van der Waals surface area contributed by atoms with Gasteiger partial charge in [0.1, 0.15) is 0 Å². The summed E-state index contributed by atoms with van der Waals surface area (Å²) in [6.07, 6.45) is -3.78. The summed E-state index contributed by atoms with van der Waals surface area (Å²) in [6.45, 7) is 0. The first-order chi connectivity index (χ1) is 12.3. The topological polar surface area (TPSA) is 58.2 Å². The Kier molecular flexibility index (Phi) is 4.71. The van der Waals surface area contributed by atoms with Gasteiger partial charge in [0, 0.05) is 24.2 Å². The maximum absolute atomic E-state index is 12.6. The number of hydrogen-bond acceptors (Lipinski definition) is 2. The van der Waals surface area contributed by atoms with Crippen LogP contribution in [-0.2, 0) is 11.0 Å². The molecule has 4 nitrogen and oxygen atoms in total. The Balaban J connectivity index is 1.63. The van der Waals surface area contributed by atoms with Gasteiger partial charge < -0.3 is 10.6 Å². The van der Waals surface area contributed by atoms with Crippen molar-refractivity contribution in [2.24, 2.45) is 5.92 Å². The fraction of sp³-hybridized carbons (Fsp3) is 0.263. The number of rotatable bonds is 4. The molecule has 0 spiro atoms. The van der Waals surface area contributed by atoms with E-state index in [9.17, 15) is 22.8 Å². The summed E-state index contributed by atoms with van der Waals surface area (Å²) in [4.78, 5) is 24.0. The summed E-state index contributed by atoms with van der Waals surface area (Å²) in [5.74, 6) is -0.825. The lowest BCUT2D eigenvalue weighted by atomic mass is 10.1. The summed E-state index contributed by atoms with van der Waals surface area (Å²) < 4.78 is 37.8. The summed E-state index contributed by atoms with van der Waals surface area (Å²) in [5.41, 5.74) is 0.959. The van der Waals surface area contributed by atoms with Crippen LogP contribution in [0.3, 0.4) is 0 Å². The van der Waals surface area contributed by atoms with Crippen LogP contribution in [0.15, 0.2) is 48.5 Å². The van der Waals surface area contributed by atoms with Crippen molar-refractivity contribution in [3.63, 3.8) is 0 Å². The third-order valence-corrected chi connectivity index (χ3v) is 4.41. The van der Waals surface area contributed by atoms with Gasteiger partial charge in [-0.3, -0.25) is 9.59 Å². The number of carbonyl (C=O) groups excluding carboxylic acids is 2. The zero-order valence-electron chi connectivity index (χ0n) is 13.9. The molecular formula is C19H17F3N2O2. The third-order valence-electron chi connectivity index (χ3n) is 4.41. The van der Waals surface area contributed by atoms with E-state index >= 15 is 0 Å². The monoisotopic (exact) mass is 362 g/mol. The van der Waals surface area contributed by atoms with E-state index in [0.29, 0.717) is 17.7 Å². The molecule has 0 radical (unpaired) electrons. The molecule has 3 rings (SSSR count). The summed E-state index contributed by atoms with van der Waals surface area (Å²) in [5, 5.41) is 5.27. The molecule has 2 aromatic carbocycles. The number of alkyl halides is 3. The molecule has 1 aliphatic carbocycles. The van der Waals surface area contributed by atoms with Gasteiger partial charge in [-0.15, -0.1) is 0 Å². The molecule has 7 heteroatoms. The second kappa shape index (κ2) is 6.82. The Morgan fingerprint density at radius 1 is 1.08 bits per heavy atom. The molecule has 2 amide bonds. The largest absolute Gasteiger partial charge is 0.416 e. The number of amides is 2. The van der Waals surface area contributed by atoms with Crippen molar-refractivity contribution in [2.75, 3.05) is 12.4 Å². The maximum Gasteiger partial charge on any atom is 0.416 e. The fourth-order valence-electron chi connectivity index (χ4n) is 2.89. The Morgan fingerprint density at radius 3 is 2.38 bits per heavy atom. The quantitative estimate of drug-likeness (QED) is 0.869. The van der Waals surface area contributed by atoms with Crippen LogP contribution in [-0.4, -0.2) is 18.9 Å². The van der Waals surface area contributed by atoms with E-state index in [2.05, 4.69) is 10.6 Å². The number of carbonyl (C=O) groups is 2. The van der Waals surface area contributed by atoms with E-state index in [1.165, 1.54) is 19.2 Å². The van der Waals surface area contributed by atoms with E-state index < -0.39 is 11.7 Å². The number of halogens is 3. The number of nitrogens with one attached hydrogen (secondary N) is 2. The van der Waals surface area contributed by atoms with Crippen LogP contribution in [0.5, 0.6) is 0 Å². The molecular weight excluding hydrogens is 345 g/mol. The minimum absolute atomic E-state index is 0.0839. The minimum Gasteiger partial charge on any atom is -0.355 e. The van der Waals surface area contributed by atoms with Crippen LogP contribution in [0.1, 0.15) is 33.8 Å². The molecule has 0 aliphatic heterocycles. The van der Waals surface area contributed by atoms with Crippen molar-refractivity contribution in [1.82, 2.24) is 5.32 Å². The first kappa shape index (κ1) is 18.0. The zero-order chi connectivity index (χ0) is 18.9. The van der Waals surface area contributed by atoms with Gasteiger partial charge in [0.05, 0.1) is 5.56 Å². The smallest absolute Gasteiger partial charge is 0.355 e. The summed E-state index contributed by atoms with van der Waals surface area (Å²) >= 11 is 0.